The number of carboxylic acid groups (broad SMARTS) is 1. The summed E-state index contributed by atoms with van der Waals surface area (Å²) < 4.78 is 5.46. The summed E-state index contributed by atoms with van der Waals surface area (Å²) in [6, 6.07) is 10.9. The Balaban J connectivity index is 1.79. The zero-order valence-corrected chi connectivity index (χ0v) is 11.3. The molecule has 0 unspecified atom stereocenters. The lowest BCUT2D eigenvalue weighted by atomic mass is 9.97. The minimum atomic E-state index is -0.804. The quantitative estimate of drug-likeness (QED) is 0.797. The molecule has 1 heterocycles. The lowest BCUT2D eigenvalue weighted by Gasteiger charge is -2.18. The molecule has 0 spiro atoms. The highest BCUT2D eigenvalue weighted by molar-refractivity contribution is 5.66. The second kappa shape index (κ2) is 6.68. The van der Waals surface area contributed by atoms with E-state index >= 15 is 0 Å². The molecule has 1 saturated heterocycles. The zero-order chi connectivity index (χ0) is 13.7. The summed E-state index contributed by atoms with van der Waals surface area (Å²) in [5.74, 6) is -0.249. The molecular weight excluding hydrogens is 242 g/mol. The molecule has 0 aliphatic carbocycles. The van der Waals surface area contributed by atoms with Crippen molar-refractivity contribution >= 4 is 5.97 Å². The summed E-state index contributed by atoms with van der Waals surface area (Å²) >= 11 is 0. The highest BCUT2D eigenvalue weighted by Gasteiger charge is 2.30. The van der Waals surface area contributed by atoms with Crippen LogP contribution in [0.1, 0.15) is 24.3 Å². The molecule has 1 aromatic carbocycles. The highest BCUT2D eigenvalue weighted by Crippen LogP contribution is 2.30. The van der Waals surface area contributed by atoms with Crippen LogP contribution in [-0.4, -0.2) is 48.8 Å². The van der Waals surface area contributed by atoms with Gasteiger partial charge in [-0.05, 0) is 24.9 Å². The number of aliphatic carboxylic acids is 1. The molecule has 0 bridgehead atoms. The molecule has 1 fully saturated rings. The second-order valence-electron chi connectivity index (χ2n) is 5.16. The van der Waals surface area contributed by atoms with Crippen molar-refractivity contribution in [1.29, 1.82) is 0 Å². The second-order valence-corrected chi connectivity index (χ2v) is 5.16. The number of ether oxygens (including phenoxy) is 1. The van der Waals surface area contributed by atoms with Crippen LogP contribution in [0, 0.1) is 0 Å². The maximum Gasteiger partial charge on any atom is 0.305 e. The van der Waals surface area contributed by atoms with E-state index in [0.717, 1.165) is 13.0 Å². The Morgan fingerprint density at radius 3 is 2.84 bits per heavy atom. The van der Waals surface area contributed by atoms with E-state index in [9.17, 15) is 4.79 Å². The first-order valence-electron chi connectivity index (χ1n) is 6.71. The number of hydrogen-bond donors (Lipinski definition) is 1. The fourth-order valence-corrected chi connectivity index (χ4v) is 2.62. The maximum absolute atomic E-state index is 10.4. The number of carboxylic acids is 1. The summed E-state index contributed by atoms with van der Waals surface area (Å²) in [4.78, 5) is 12.7. The molecule has 4 nitrogen and oxygen atoms in total. The Morgan fingerprint density at radius 1 is 1.42 bits per heavy atom. The first-order chi connectivity index (χ1) is 9.16. The van der Waals surface area contributed by atoms with Crippen molar-refractivity contribution in [2.24, 2.45) is 0 Å². The average molecular weight is 263 g/mol. The number of hydrogen-bond acceptors (Lipinski definition) is 3. The Bertz CT molecular complexity index is 407. The third-order valence-electron chi connectivity index (χ3n) is 3.73. The summed E-state index contributed by atoms with van der Waals surface area (Å²) in [6.07, 6.45) is 1.16. The smallest absolute Gasteiger partial charge is 0.305 e. The van der Waals surface area contributed by atoms with Gasteiger partial charge in [-0.25, -0.2) is 0 Å². The third-order valence-corrected chi connectivity index (χ3v) is 3.73. The van der Waals surface area contributed by atoms with Gasteiger partial charge in [-0.2, -0.15) is 0 Å². The molecule has 0 radical (unpaired) electrons. The molecule has 1 aromatic rings. The van der Waals surface area contributed by atoms with Crippen molar-refractivity contribution in [3.8, 4) is 0 Å². The first-order valence-corrected chi connectivity index (χ1v) is 6.71. The minimum Gasteiger partial charge on any atom is -0.481 e. The van der Waals surface area contributed by atoms with Crippen LogP contribution in [-0.2, 0) is 9.53 Å². The standard InChI is InChI=1S/C15H21NO3/c1-16-10-13(12-5-3-2-4-6-12)9-14(16)11-19-8-7-15(17)18/h2-6,13-14H,7-11H2,1H3,(H,17,18)/t13-,14+/m1/s1. The molecule has 2 atom stereocenters. The van der Waals surface area contributed by atoms with Gasteiger partial charge in [0.1, 0.15) is 0 Å². The van der Waals surface area contributed by atoms with Crippen LogP contribution >= 0.6 is 0 Å². The molecule has 0 amide bonds. The van der Waals surface area contributed by atoms with Crippen LogP contribution in [0.4, 0.5) is 0 Å². The van der Waals surface area contributed by atoms with Gasteiger partial charge >= 0.3 is 5.97 Å². The molecule has 1 N–H and O–H groups in total. The number of rotatable bonds is 6. The number of likely N-dealkylation sites (tertiary alicyclic amines) is 1. The van der Waals surface area contributed by atoms with Crippen molar-refractivity contribution in [3.05, 3.63) is 35.9 Å². The highest BCUT2D eigenvalue weighted by atomic mass is 16.5. The Hall–Kier alpha value is -1.39. The number of benzene rings is 1. The van der Waals surface area contributed by atoms with Crippen molar-refractivity contribution in [1.82, 2.24) is 4.90 Å². The molecule has 0 saturated carbocycles. The van der Waals surface area contributed by atoms with Crippen LogP contribution in [0.3, 0.4) is 0 Å². The van der Waals surface area contributed by atoms with Gasteiger partial charge in [-0.15, -0.1) is 0 Å². The molecule has 0 aromatic heterocycles. The Morgan fingerprint density at radius 2 is 2.16 bits per heavy atom. The first kappa shape index (κ1) is 14.0. The third kappa shape index (κ3) is 4.04. The molecule has 1 aliphatic rings. The monoisotopic (exact) mass is 263 g/mol. The van der Waals surface area contributed by atoms with E-state index in [2.05, 4.69) is 36.2 Å². The van der Waals surface area contributed by atoms with Gasteiger partial charge in [0.2, 0.25) is 0 Å². The summed E-state index contributed by atoms with van der Waals surface area (Å²) in [6.45, 7) is 1.96. The van der Waals surface area contributed by atoms with Crippen LogP contribution in [0.2, 0.25) is 0 Å². The molecule has 1 aliphatic heterocycles. The summed E-state index contributed by atoms with van der Waals surface area (Å²) in [5.41, 5.74) is 1.38. The van der Waals surface area contributed by atoms with Gasteiger partial charge in [0.25, 0.3) is 0 Å². The summed E-state index contributed by atoms with van der Waals surface area (Å²) in [7, 11) is 2.11. The van der Waals surface area contributed by atoms with E-state index in [1.165, 1.54) is 5.56 Å². The van der Waals surface area contributed by atoms with E-state index in [1.54, 1.807) is 0 Å². The van der Waals surface area contributed by atoms with Crippen molar-refractivity contribution in [2.75, 3.05) is 26.8 Å². The fourth-order valence-electron chi connectivity index (χ4n) is 2.62. The number of likely N-dealkylation sites (N-methyl/N-ethyl adjacent to an activating group) is 1. The van der Waals surface area contributed by atoms with E-state index in [-0.39, 0.29) is 6.42 Å². The van der Waals surface area contributed by atoms with Crippen molar-refractivity contribution in [2.45, 2.75) is 24.8 Å². The fraction of sp³-hybridized carbons (Fsp3) is 0.533. The van der Waals surface area contributed by atoms with Gasteiger partial charge < -0.3 is 14.7 Å². The van der Waals surface area contributed by atoms with E-state index in [4.69, 9.17) is 9.84 Å². The normalized spacial score (nSPS) is 23.6. The van der Waals surface area contributed by atoms with Crippen LogP contribution < -0.4 is 0 Å². The maximum atomic E-state index is 10.4. The average Bonchev–Trinajstić information content (AvgIpc) is 2.77. The van der Waals surface area contributed by atoms with Crippen molar-refractivity contribution < 1.29 is 14.6 Å². The Kier molecular flexibility index (Phi) is 4.93. The van der Waals surface area contributed by atoms with Gasteiger partial charge in [0, 0.05) is 12.6 Å². The molecule has 19 heavy (non-hydrogen) atoms. The Labute approximate surface area is 114 Å². The summed E-state index contributed by atoms with van der Waals surface area (Å²) in [5, 5.41) is 8.56. The van der Waals surface area contributed by atoms with Crippen LogP contribution in [0.5, 0.6) is 0 Å². The predicted octanol–water partition coefficient (Wildman–Crippen LogP) is 1.97. The molecular formula is C15H21NO3. The SMILES string of the molecule is CN1C[C@H](c2ccccc2)C[C@H]1COCCC(=O)O. The van der Waals surface area contributed by atoms with E-state index < -0.39 is 5.97 Å². The van der Waals surface area contributed by atoms with Gasteiger partial charge in [-0.1, -0.05) is 30.3 Å². The van der Waals surface area contributed by atoms with Crippen LogP contribution in [0.25, 0.3) is 0 Å². The lowest BCUT2D eigenvalue weighted by Crippen LogP contribution is -2.29. The van der Waals surface area contributed by atoms with Crippen LogP contribution in [0.15, 0.2) is 30.3 Å². The molecule has 4 heteroatoms. The topological polar surface area (TPSA) is 49.8 Å². The molecule has 104 valence electrons. The van der Waals surface area contributed by atoms with Gasteiger partial charge in [0.15, 0.2) is 0 Å². The zero-order valence-electron chi connectivity index (χ0n) is 11.3. The van der Waals surface area contributed by atoms with E-state index in [1.807, 2.05) is 6.07 Å². The minimum absolute atomic E-state index is 0.0819. The predicted molar refractivity (Wildman–Crippen MR) is 73.3 cm³/mol. The molecule has 2 rings (SSSR count). The number of nitrogens with zero attached hydrogens (tertiary/aromatic N) is 1. The number of carbonyl (C=O) groups is 1. The van der Waals surface area contributed by atoms with Gasteiger partial charge in [0.05, 0.1) is 19.6 Å². The van der Waals surface area contributed by atoms with E-state index in [0.29, 0.717) is 25.2 Å². The lowest BCUT2D eigenvalue weighted by molar-refractivity contribution is -0.138. The van der Waals surface area contributed by atoms with Gasteiger partial charge in [-0.3, -0.25) is 4.79 Å². The largest absolute Gasteiger partial charge is 0.481 e. The van der Waals surface area contributed by atoms with Crippen molar-refractivity contribution in [3.63, 3.8) is 0 Å².